The van der Waals surface area contributed by atoms with E-state index in [4.69, 9.17) is 24.5 Å². The summed E-state index contributed by atoms with van der Waals surface area (Å²) in [5.41, 5.74) is 0.721. The summed E-state index contributed by atoms with van der Waals surface area (Å²) in [7, 11) is 0. The summed E-state index contributed by atoms with van der Waals surface area (Å²) < 4.78 is 69.6. The van der Waals surface area contributed by atoms with Gasteiger partial charge in [0.15, 0.2) is 0 Å². The van der Waals surface area contributed by atoms with Crippen LogP contribution in [0, 0.1) is 0 Å². The maximum Gasteiger partial charge on any atom is 0.490 e. The van der Waals surface area contributed by atoms with Gasteiger partial charge in [0.2, 0.25) is 0 Å². The van der Waals surface area contributed by atoms with Gasteiger partial charge in [0.05, 0.1) is 18.0 Å². The molecule has 2 aliphatic rings. The number of aliphatic carboxylic acids is 2. The summed E-state index contributed by atoms with van der Waals surface area (Å²) in [5, 5.41) is 19.3. The SMILES string of the molecule is O=C(Nc1cccnc1)[C@H]1CC[C@@H]2[C@@H](CCN2Cc2cccs2)O1.O=C(O)C(F)(F)F.O=C(O)C(F)(F)F. The summed E-state index contributed by atoms with van der Waals surface area (Å²) >= 11 is 1.80. The van der Waals surface area contributed by atoms with Crippen molar-refractivity contribution in [2.45, 2.75) is 56.4 Å². The molecule has 2 aromatic rings. The Bertz CT molecular complexity index is 1030. The first-order chi connectivity index (χ1) is 17.7. The van der Waals surface area contributed by atoms with Crippen LogP contribution in [0.4, 0.5) is 32.0 Å². The van der Waals surface area contributed by atoms with Crippen molar-refractivity contribution < 1.29 is 55.7 Å². The summed E-state index contributed by atoms with van der Waals surface area (Å²) in [4.78, 5) is 38.1. The number of carbonyl (C=O) groups excluding carboxylic acids is 1. The fourth-order valence-corrected chi connectivity index (χ4v) is 4.40. The number of nitrogens with zero attached hydrogens (tertiary/aromatic N) is 2. The topological polar surface area (TPSA) is 129 Å². The van der Waals surface area contributed by atoms with E-state index in [1.54, 1.807) is 23.7 Å². The first-order valence-electron chi connectivity index (χ1n) is 10.9. The number of alkyl halides is 6. The number of carboxylic acids is 2. The molecule has 0 radical (unpaired) electrons. The van der Waals surface area contributed by atoms with Crippen molar-refractivity contribution in [3.8, 4) is 0 Å². The van der Waals surface area contributed by atoms with Crippen LogP contribution in [0.15, 0.2) is 42.0 Å². The molecule has 0 unspecified atom stereocenters. The minimum atomic E-state index is -5.08. The van der Waals surface area contributed by atoms with Gasteiger partial charge in [-0.25, -0.2) is 9.59 Å². The third kappa shape index (κ3) is 9.90. The normalized spacial score (nSPS) is 21.2. The molecule has 38 heavy (non-hydrogen) atoms. The van der Waals surface area contributed by atoms with Crippen LogP contribution in [-0.4, -0.2) is 75.1 Å². The van der Waals surface area contributed by atoms with Gasteiger partial charge in [-0.05, 0) is 42.8 Å². The van der Waals surface area contributed by atoms with Gasteiger partial charge >= 0.3 is 24.3 Å². The van der Waals surface area contributed by atoms with Crippen molar-refractivity contribution >= 4 is 34.9 Å². The van der Waals surface area contributed by atoms with E-state index in [0.717, 1.165) is 38.0 Å². The summed E-state index contributed by atoms with van der Waals surface area (Å²) in [6.07, 6.45) is -4.21. The number of amides is 1. The number of carbonyl (C=O) groups is 3. The van der Waals surface area contributed by atoms with Gasteiger partial charge in [0.1, 0.15) is 6.10 Å². The molecule has 3 atom stereocenters. The van der Waals surface area contributed by atoms with Gasteiger partial charge in [-0.1, -0.05) is 6.07 Å². The number of hydrogen-bond acceptors (Lipinski definition) is 7. The quantitative estimate of drug-likeness (QED) is 0.467. The molecule has 3 N–H and O–H groups in total. The van der Waals surface area contributed by atoms with Gasteiger partial charge in [-0.3, -0.25) is 14.7 Å². The van der Waals surface area contributed by atoms with E-state index < -0.39 is 24.3 Å². The molecule has 2 aromatic heterocycles. The average Bonchev–Trinajstić information content (AvgIpc) is 3.49. The molecule has 210 valence electrons. The average molecular weight is 571 g/mol. The molecule has 2 saturated heterocycles. The number of rotatable bonds is 4. The number of fused-ring (bicyclic) bond motifs is 1. The Morgan fingerprint density at radius 3 is 2.16 bits per heavy atom. The second-order valence-electron chi connectivity index (χ2n) is 7.98. The zero-order valence-electron chi connectivity index (χ0n) is 19.4. The third-order valence-corrected chi connectivity index (χ3v) is 6.17. The second kappa shape index (κ2) is 13.5. The van der Waals surface area contributed by atoms with E-state index in [1.807, 2.05) is 12.1 Å². The first kappa shape index (κ1) is 31.0. The van der Waals surface area contributed by atoms with Gasteiger partial charge < -0.3 is 20.3 Å². The summed E-state index contributed by atoms with van der Waals surface area (Å²) in [6, 6.07) is 8.38. The highest BCUT2D eigenvalue weighted by Crippen LogP contribution is 2.33. The molecule has 16 heteroatoms. The number of nitrogens with one attached hydrogen (secondary N) is 1. The molecule has 0 bridgehead atoms. The molecule has 4 heterocycles. The van der Waals surface area contributed by atoms with Gasteiger partial charge in [-0.15, -0.1) is 11.3 Å². The Morgan fingerprint density at radius 2 is 1.66 bits per heavy atom. The molecule has 2 aliphatic heterocycles. The number of likely N-dealkylation sites (tertiary alicyclic amines) is 1. The van der Waals surface area contributed by atoms with E-state index in [9.17, 15) is 31.1 Å². The maximum atomic E-state index is 12.4. The Kier molecular flexibility index (Phi) is 11.0. The van der Waals surface area contributed by atoms with Crippen LogP contribution in [0.3, 0.4) is 0 Å². The number of carboxylic acid groups (broad SMARTS) is 2. The molecule has 2 fully saturated rings. The number of halogens is 6. The van der Waals surface area contributed by atoms with Crippen LogP contribution in [-0.2, 0) is 25.7 Å². The Hall–Kier alpha value is -3.24. The van der Waals surface area contributed by atoms with Crippen LogP contribution in [0.5, 0.6) is 0 Å². The number of anilines is 1. The largest absolute Gasteiger partial charge is 0.490 e. The molecule has 1 amide bonds. The lowest BCUT2D eigenvalue weighted by Crippen LogP contribution is -2.46. The highest BCUT2D eigenvalue weighted by atomic mass is 32.1. The molecule has 0 saturated carbocycles. The smallest absolute Gasteiger partial charge is 0.475 e. The van der Waals surface area contributed by atoms with Gasteiger partial charge in [0, 0.05) is 30.2 Å². The van der Waals surface area contributed by atoms with Crippen molar-refractivity contribution in [1.29, 1.82) is 0 Å². The minimum absolute atomic E-state index is 0.0573. The predicted octanol–water partition coefficient (Wildman–Crippen LogP) is 4.17. The van der Waals surface area contributed by atoms with Crippen LogP contribution in [0.25, 0.3) is 0 Å². The molecular weight excluding hydrogens is 548 g/mol. The zero-order chi connectivity index (χ0) is 28.5. The highest BCUT2D eigenvalue weighted by molar-refractivity contribution is 7.09. The Labute approximate surface area is 216 Å². The van der Waals surface area contributed by atoms with E-state index in [-0.39, 0.29) is 18.1 Å². The zero-order valence-corrected chi connectivity index (χ0v) is 20.2. The number of ether oxygens (including phenoxy) is 1. The lowest BCUT2D eigenvalue weighted by Gasteiger charge is -2.35. The number of hydrogen-bond donors (Lipinski definition) is 3. The maximum absolute atomic E-state index is 12.4. The van der Waals surface area contributed by atoms with E-state index in [0.29, 0.717) is 6.04 Å². The minimum Gasteiger partial charge on any atom is -0.475 e. The lowest BCUT2D eigenvalue weighted by molar-refractivity contribution is -0.193. The van der Waals surface area contributed by atoms with E-state index >= 15 is 0 Å². The van der Waals surface area contributed by atoms with Crippen LogP contribution in [0.1, 0.15) is 24.1 Å². The summed E-state index contributed by atoms with van der Waals surface area (Å²) in [6.45, 7) is 2.04. The van der Waals surface area contributed by atoms with Gasteiger partial charge in [-0.2, -0.15) is 26.3 Å². The molecule has 4 rings (SSSR count). The fraction of sp³-hybridized carbons (Fsp3) is 0.455. The van der Waals surface area contributed by atoms with Crippen LogP contribution < -0.4 is 5.32 Å². The monoisotopic (exact) mass is 571 g/mol. The van der Waals surface area contributed by atoms with Crippen LogP contribution >= 0.6 is 11.3 Å². The number of aromatic nitrogens is 1. The van der Waals surface area contributed by atoms with Crippen molar-refractivity contribution in [2.24, 2.45) is 0 Å². The van der Waals surface area contributed by atoms with Crippen molar-refractivity contribution in [1.82, 2.24) is 9.88 Å². The fourth-order valence-electron chi connectivity index (χ4n) is 3.67. The van der Waals surface area contributed by atoms with Gasteiger partial charge in [0.25, 0.3) is 5.91 Å². The van der Waals surface area contributed by atoms with Crippen molar-refractivity contribution in [3.63, 3.8) is 0 Å². The molecule has 0 aromatic carbocycles. The third-order valence-electron chi connectivity index (χ3n) is 5.31. The molecular formula is C22H23F6N3O6S. The van der Waals surface area contributed by atoms with E-state index in [2.05, 4.69) is 32.7 Å². The Balaban J connectivity index is 0.000000301. The van der Waals surface area contributed by atoms with E-state index in [1.165, 1.54) is 4.88 Å². The highest BCUT2D eigenvalue weighted by Gasteiger charge is 2.42. The predicted molar refractivity (Wildman–Crippen MR) is 121 cm³/mol. The molecule has 9 nitrogen and oxygen atoms in total. The number of thiophene rings is 1. The van der Waals surface area contributed by atoms with Crippen LogP contribution in [0.2, 0.25) is 0 Å². The summed E-state index contributed by atoms with van der Waals surface area (Å²) in [5.74, 6) is -5.57. The van der Waals surface area contributed by atoms with Crippen molar-refractivity contribution in [3.05, 3.63) is 46.9 Å². The standard InChI is InChI=1S/C18H21N3O2S.2C2HF3O2/c22-18(20-13-3-1-8-19-11-13)17-6-5-15-16(23-17)7-9-21(15)12-14-4-2-10-24-14;2*3-2(4,5)1(6)7/h1-4,8,10-11,15-17H,5-7,9,12H2,(H,20,22);2*(H,6,7)/t15-,16-,17-;;/m1../s1. The Morgan fingerprint density at radius 1 is 1.03 bits per heavy atom. The first-order valence-corrected chi connectivity index (χ1v) is 11.8. The second-order valence-corrected chi connectivity index (χ2v) is 9.02. The molecule has 0 aliphatic carbocycles. The lowest BCUT2D eigenvalue weighted by atomic mass is 9.98. The molecule has 0 spiro atoms. The number of pyridine rings is 1. The van der Waals surface area contributed by atoms with Crippen molar-refractivity contribution in [2.75, 3.05) is 11.9 Å².